The van der Waals surface area contributed by atoms with E-state index in [0.29, 0.717) is 18.2 Å². The number of amides is 1. The zero-order chi connectivity index (χ0) is 22.3. The summed E-state index contributed by atoms with van der Waals surface area (Å²) < 4.78 is 1.92. The van der Waals surface area contributed by atoms with Gasteiger partial charge < -0.3 is 4.90 Å². The summed E-state index contributed by atoms with van der Waals surface area (Å²) in [5.41, 5.74) is 5.42. The molecular weight excluding hydrogens is 420 g/mol. The van der Waals surface area contributed by atoms with Gasteiger partial charge in [0.1, 0.15) is 6.33 Å². The minimum atomic E-state index is 0.0188. The lowest BCUT2D eigenvalue weighted by atomic mass is 10.1. The molecule has 3 aromatic heterocycles. The predicted molar refractivity (Wildman–Crippen MR) is 124 cm³/mol. The highest BCUT2D eigenvalue weighted by atomic mass is 32.2. The van der Waals surface area contributed by atoms with Gasteiger partial charge >= 0.3 is 0 Å². The number of aromatic nitrogens is 5. The van der Waals surface area contributed by atoms with Crippen LogP contribution in [0.2, 0.25) is 0 Å². The molecule has 0 fully saturated rings. The molecule has 7 nitrogen and oxygen atoms in total. The lowest BCUT2D eigenvalue weighted by Crippen LogP contribution is -2.31. The second kappa shape index (κ2) is 10.2. The fraction of sp³-hybridized carbons (Fsp3) is 0.208. The molecule has 3 heterocycles. The Kier molecular flexibility index (Phi) is 6.91. The lowest BCUT2D eigenvalue weighted by Gasteiger charge is -2.23. The molecule has 1 amide bonds. The first kappa shape index (κ1) is 21.7. The van der Waals surface area contributed by atoms with Gasteiger partial charge in [0.25, 0.3) is 0 Å². The highest BCUT2D eigenvalue weighted by Gasteiger charge is 2.17. The average molecular weight is 445 g/mol. The van der Waals surface area contributed by atoms with Crippen LogP contribution in [0.1, 0.15) is 22.3 Å². The molecule has 0 saturated carbocycles. The van der Waals surface area contributed by atoms with E-state index in [0.717, 1.165) is 16.8 Å². The van der Waals surface area contributed by atoms with Crippen molar-refractivity contribution in [2.75, 3.05) is 5.75 Å². The van der Waals surface area contributed by atoms with Crippen LogP contribution in [-0.4, -0.2) is 41.3 Å². The maximum atomic E-state index is 13.2. The number of thioether (sulfide) groups is 1. The van der Waals surface area contributed by atoms with Gasteiger partial charge in [-0.2, -0.15) is 0 Å². The van der Waals surface area contributed by atoms with Crippen molar-refractivity contribution in [3.8, 4) is 5.69 Å². The molecule has 1 aromatic carbocycles. The predicted octanol–water partition coefficient (Wildman–Crippen LogP) is 4.00. The fourth-order valence-corrected chi connectivity index (χ4v) is 4.08. The largest absolute Gasteiger partial charge is 0.333 e. The third-order valence-corrected chi connectivity index (χ3v) is 6.11. The molecule has 0 N–H and O–H groups in total. The minimum Gasteiger partial charge on any atom is -0.333 e. The van der Waals surface area contributed by atoms with Crippen LogP contribution in [0.4, 0.5) is 0 Å². The molecule has 32 heavy (non-hydrogen) atoms. The molecule has 0 aliphatic rings. The number of carbonyl (C=O) groups excluding carboxylic acids is 1. The monoisotopic (exact) mass is 444 g/mol. The Balaban J connectivity index is 1.49. The Morgan fingerprint density at radius 2 is 1.78 bits per heavy atom. The van der Waals surface area contributed by atoms with Crippen molar-refractivity contribution in [2.45, 2.75) is 32.1 Å². The summed E-state index contributed by atoms with van der Waals surface area (Å²) in [5, 5.41) is 8.98. The van der Waals surface area contributed by atoms with Gasteiger partial charge in [-0.3, -0.25) is 19.3 Å². The van der Waals surface area contributed by atoms with E-state index in [9.17, 15) is 4.79 Å². The molecule has 162 valence electrons. The normalized spacial score (nSPS) is 10.8. The molecule has 0 atom stereocenters. The maximum absolute atomic E-state index is 13.2. The lowest BCUT2D eigenvalue weighted by molar-refractivity contribution is -0.129. The summed E-state index contributed by atoms with van der Waals surface area (Å²) in [5.74, 6) is 0.278. The van der Waals surface area contributed by atoms with E-state index < -0.39 is 0 Å². The second-order valence-corrected chi connectivity index (χ2v) is 8.45. The molecule has 0 bridgehead atoms. The number of pyridine rings is 2. The Bertz CT molecular complexity index is 1140. The number of benzene rings is 1. The SMILES string of the molecule is Cc1ccc(-n2cnnc2SCC(=O)N(Cc2ccncc2)Cc2cccnc2)cc1C. The summed E-state index contributed by atoms with van der Waals surface area (Å²) in [6, 6.07) is 13.9. The van der Waals surface area contributed by atoms with Crippen LogP contribution in [0.5, 0.6) is 0 Å². The summed E-state index contributed by atoms with van der Waals surface area (Å²) in [4.78, 5) is 23.3. The Morgan fingerprint density at radius 3 is 2.53 bits per heavy atom. The number of carbonyl (C=O) groups is 1. The van der Waals surface area contributed by atoms with Gasteiger partial charge in [-0.25, -0.2) is 0 Å². The van der Waals surface area contributed by atoms with Crippen LogP contribution in [0.3, 0.4) is 0 Å². The minimum absolute atomic E-state index is 0.0188. The van der Waals surface area contributed by atoms with Gasteiger partial charge in [0.2, 0.25) is 5.91 Å². The fourth-order valence-electron chi connectivity index (χ4n) is 3.25. The van der Waals surface area contributed by atoms with E-state index in [1.807, 2.05) is 39.8 Å². The van der Waals surface area contributed by atoms with E-state index in [1.54, 1.807) is 31.1 Å². The van der Waals surface area contributed by atoms with Gasteiger partial charge in [0, 0.05) is 43.6 Å². The van der Waals surface area contributed by atoms with Crippen molar-refractivity contribution in [1.82, 2.24) is 29.6 Å². The van der Waals surface area contributed by atoms with E-state index in [-0.39, 0.29) is 11.7 Å². The summed E-state index contributed by atoms with van der Waals surface area (Å²) in [6.45, 7) is 5.15. The van der Waals surface area contributed by atoms with Crippen LogP contribution < -0.4 is 0 Å². The first-order valence-electron chi connectivity index (χ1n) is 10.3. The summed E-state index contributed by atoms with van der Waals surface area (Å²) in [7, 11) is 0. The zero-order valence-corrected chi connectivity index (χ0v) is 18.9. The number of hydrogen-bond donors (Lipinski definition) is 0. The van der Waals surface area contributed by atoms with E-state index in [4.69, 9.17) is 0 Å². The van der Waals surface area contributed by atoms with E-state index in [1.165, 1.54) is 22.9 Å². The Morgan fingerprint density at radius 1 is 0.969 bits per heavy atom. The molecule has 8 heteroatoms. The van der Waals surface area contributed by atoms with Crippen molar-refractivity contribution >= 4 is 17.7 Å². The van der Waals surface area contributed by atoms with Gasteiger partial charge in [-0.15, -0.1) is 10.2 Å². The van der Waals surface area contributed by atoms with Gasteiger partial charge in [-0.05, 0) is 66.4 Å². The van der Waals surface area contributed by atoms with Crippen molar-refractivity contribution < 1.29 is 4.79 Å². The number of hydrogen-bond acceptors (Lipinski definition) is 6. The highest BCUT2D eigenvalue weighted by molar-refractivity contribution is 7.99. The topological polar surface area (TPSA) is 76.8 Å². The average Bonchev–Trinajstić information content (AvgIpc) is 3.29. The van der Waals surface area contributed by atoms with Crippen molar-refractivity contribution in [2.24, 2.45) is 0 Å². The van der Waals surface area contributed by atoms with Gasteiger partial charge in [0.15, 0.2) is 5.16 Å². The third-order valence-electron chi connectivity index (χ3n) is 5.18. The molecule has 0 aliphatic heterocycles. The zero-order valence-electron chi connectivity index (χ0n) is 18.0. The molecule has 4 rings (SSSR count). The van der Waals surface area contributed by atoms with Crippen LogP contribution in [0.25, 0.3) is 5.69 Å². The smallest absolute Gasteiger partial charge is 0.233 e. The third kappa shape index (κ3) is 5.39. The number of aryl methyl sites for hydroxylation is 2. The maximum Gasteiger partial charge on any atom is 0.233 e. The molecular formula is C24H24N6OS. The van der Waals surface area contributed by atoms with Crippen molar-refractivity contribution in [3.63, 3.8) is 0 Å². The summed E-state index contributed by atoms with van der Waals surface area (Å²) in [6.07, 6.45) is 8.68. The molecule has 0 unspecified atom stereocenters. The highest BCUT2D eigenvalue weighted by Crippen LogP contribution is 2.22. The first-order valence-corrected chi connectivity index (χ1v) is 11.2. The van der Waals surface area contributed by atoms with Gasteiger partial charge in [0.05, 0.1) is 5.75 Å². The second-order valence-electron chi connectivity index (χ2n) is 7.51. The molecule has 0 saturated heterocycles. The molecule has 0 radical (unpaired) electrons. The Hall–Kier alpha value is -3.52. The van der Waals surface area contributed by atoms with Crippen LogP contribution in [0.15, 0.2) is 78.7 Å². The first-order chi connectivity index (χ1) is 15.6. The van der Waals surface area contributed by atoms with Crippen LogP contribution >= 0.6 is 11.8 Å². The summed E-state index contributed by atoms with van der Waals surface area (Å²) >= 11 is 1.39. The molecule has 0 spiro atoms. The van der Waals surface area contributed by atoms with Crippen LogP contribution in [0, 0.1) is 13.8 Å². The Labute approximate surface area is 191 Å². The van der Waals surface area contributed by atoms with Gasteiger partial charge in [-0.1, -0.05) is 23.9 Å². The van der Waals surface area contributed by atoms with E-state index in [2.05, 4.69) is 46.1 Å². The molecule has 4 aromatic rings. The number of rotatable bonds is 8. The standard InChI is InChI=1S/C24H24N6OS/c1-18-5-6-22(12-19(18)2)30-17-27-28-24(30)32-16-23(31)29(14-20-7-10-25-11-8-20)15-21-4-3-9-26-13-21/h3-13,17H,14-16H2,1-2H3. The van der Waals surface area contributed by atoms with Crippen molar-refractivity contribution in [3.05, 3.63) is 95.8 Å². The van der Waals surface area contributed by atoms with Crippen LogP contribution in [-0.2, 0) is 17.9 Å². The molecule has 0 aliphatic carbocycles. The quantitative estimate of drug-likeness (QED) is 0.383. The van der Waals surface area contributed by atoms with Crippen molar-refractivity contribution in [1.29, 1.82) is 0 Å². The van der Waals surface area contributed by atoms with E-state index >= 15 is 0 Å². The number of nitrogens with zero attached hydrogens (tertiary/aromatic N) is 6.